The van der Waals surface area contributed by atoms with Crippen molar-refractivity contribution >= 4 is 24.4 Å². The normalized spacial score (nSPS) is 15.1. The fourth-order valence-electron chi connectivity index (χ4n) is 2.88. The van der Waals surface area contributed by atoms with Gasteiger partial charge in [-0.2, -0.15) is 0 Å². The number of carbonyl (C=O) groups is 1. The smallest absolute Gasteiger partial charge is 0.248 e. The number of nitrogens with two attached hydrogens (primary N) is 1. The van der Waals surface area contributed by atoms with Gasteiger partial charge in [-0.3, -0.25) is 4.79 Å². The summed E-state index contributed by atoms with van der Waals surface area (Å²) < 4.78 is 0. The van der Waals surface area contributed by atoms with E-state index in [1.807, 2.05) is 30.3 Å². The standard InChI is InChI=1S/C20H20NO3P/c21-19(22)14-11-12-17(20(23)24)18(13-14)25(15-7-3-1-4-8-15)16-9-5-2-6-10-16/h1,3-5,7-13,20,23-24H,2,6H2,(H2,21,22). The lowest BCUT2D eigenvalue weighted by Gasteiger charge is -2.25. The fourth-order valence-corrected chi connectivity index (χ4v) is 5.49. The van der Waals surface area contributed by atoms with Crippen molar-refractivity contribution in [2.75, 3.05) is 0 Å². The largest absolute Gasteiger partial charge is 0.366 e. The van der Waals surface area contributed by atoms with Gasteiger partial charge in [0, 0.05) is 11.1 Å². The number of aliphatic hydroxyl groups is 2. The molecule has 2 aromatic carbocycles. The molecule has 0 bridgehead atoms. The van der Waals surface area contributed by atoms with E-state index in [2.05, 4.69) is 18.2 Å². The maximum atomic E-state index is 11.6. The average molecular weight is 353 g/mol. The molecule has 0 heterocycles. The molecule has 0 saturated heterocycles. The van der Waals surface area contributed by atoms with Crippen LogP contribution in [0.5, 0.6) is 0 Å². The molecule has 1 unspecified atom stereocenters. The zero-order chi connectivity index (χ0) is 17.8. The summed E-state index contributed by atoms with van der Waals surface area (Å²) in [5.74, 6) is -0.531. The van der Waals surface area contributed by atoms with Crippen LogP contribution < -0.4 is 16.3 Å². The van der Waals surface area contributed by atoms with E-state index in [1.165, 1.54) is 6.07 Å². The minimum absolute atomic E-state index is 0.364. The van der Waals surface area contributed by atoms with Gasteiger partial charge in [0.05, 0.1) is 0 Å². The molecule has 1 aliphatic carbocycles. The molecule has 1 aliphatic rings. The first-order valence-electron chi connectivity index (χ1n) is 8.09. The van der Waals surface area contributed by atoms with E-state index in [1.54, 1.807) is 12.1 Å². The summed E-state index contributed by atoms with van der Waals surface area (Å²) in [6, 6.07) is 14.7. The van der Waals surface area contributed by atoms with Crippen LogP contribution in [0.2, 0.25) is 0 Å². The van der Waals surface area contributed by atoms with Gasteiger partial charge in [0.15, 0.2) is 6.29 Å². The number of allylic oxidation sites excluding steroid dienone is 4. The molecule has 0 aliphatic heterocycles. The Labute approximate surface area is 148 Å². The van der Waals surface area contributed by atoms with E-state index in [4.69, 9.17) is 5.73 Å². The van der Waals surface area contributed by atoms with Crippen molar-refractivity contribution in [1.82, 2.24) is 0 Å². The van der Waals surface area contributed by atoms with Crippen molar-refractivity contribution in [2.45, 2.75) is 19.1 Å². The van der Waals surface area contributed by atoms with Crippen LogP contribution in [0.1, 0.15) is 35.1 Å². The number of rotatable bonds is 5. The van der Waals surface area contributed by atoms with Crippen LogP contribution in [0.4, 0.5) is 0 Å². The zero-order valence-corrected chi connectivity index (χ0v) is 14.6. The van der Waals surface area contributed by atoms with Crippen LogP contribution >= 0.6 is 7.92 Å². The SMILES string of the molecule is NC(=O)c1ccc(C(O)O)c(P(C2=CCCC=C2)c2ccccc2)c1. The predicted molar refractivity (Wildman–Crippen MR) is 101 cm³/mol. The number of amides is 1. The Morgan fingerprint density at radius 3 is 2.44 bits per heavy atom. The maximum absolute atomic E-state index is 11.6. The Morgan fingerprint density at radius 2 is 1.84 bits per heavy atom. The highest BCUT2D eigenvalue weighted by Gasteiger charge is 2.24. The molecule has 4 nitrogen and oxygen atoms in total. The monoisotopic (exact) mass is 353 g/mol. The lowest BCUT2D eigenvalue weighted by molar-refractivity contribution is -0.0416. The molecule has 2 aromatic rings. The van der Waals surface area contributed by atoms with E-state index < -0.39 is 20.1 Å². The van der Waals surface area contributed by atoms with E-state index in [0.29, 0.717) is 11.1 Å². The molecule has 0 fully saturated rings. The predicted octanol–water partition coefficient (Wildman–Crippen LogP) is 2.44. The zero-order valence-electron chi connectivity index (χ0n) is 13.7. The van der Waals surface area contributed by atoms with Gasteiger partial charge in [0.1, 0.15) is 0 Å². The number of hydrogen-bond donors (Lipinski definition) is 3. The van der Waals surface area contributed by atoms with E-state index in [9.17, 15) is 15.0 Å². The van der Waals surface area contributed by atoms with Crippen molar-refractivity contribution in [1.29, 1.82) is 0 Å². The topological polar surface area (TPSA) is 83.6 Å². The quantitative estimate of drug-likeness (QED) is 0.570. The number of hydrogen-bond acceptors (Lipinski definition) is 3. The molecule has 3 rings (SSSR count). The van der Waals surface area contributed by atoms with Gasteiger partial charge in [-0.05, 0) is 48.8 Å². The van der Waals surface area contributed by atoms with Crippen LogP contribution in [0, 0.1) is 0 Å². The van der Waals surface area contributed by atoms with Crippen LogP contribution in [-0.4, -0.2) is 16.1 Å². The molecule has 0 aromatic heterocycles. The third-order valence-electron chi connectivity index (χ3n) is 4.08. The summed E-state index contributed by atoms with van der Waals surface area (Å²) >= 11 is 0. The Balaban J connectivity index is 2.22. The minimum Gasteiger partial charge on any atom is -0.366 e. The Bertz CT molecular complexity index is 828. The van der Waals surface area contributed by atoms with E-state index >= 15 is 0 Å². The van der Waals surface area contributed by atoms with Gasteiger partial charge < -0.3 is 15.9 Å². The number of carbonyl (C=O) groups excluding carboxylic acids is 1. The van der Waals surface area contributed by atoms with Crippen molar-refractivity contribution in [3.8, 4) is 0 Å². The molecule has 0 spiro atoms. The lowest BCUT2D eigenvalue weighted by atomic mass is 10.1. The number of benzene rings is 2. The summed E-state index contributed by atoms with van der Waals surface area (Å²) in [6.45, 7) is 0. The second-order valence-electron chi connectivity index (χ2n) is 5.79. The Hall–Kier alpha value is -2.26. The lowest BCUT2D eigenvalue weighted by Crippen LogP contribution is -2.22. The first kappa shape index (κ1) is 17.6. The van der Waals surface area contributed by atoms with Gasteiger partial charge in [-0.15, -0.1) is 0 Å². The second kappa shape index (κ2) is 7.75. The van der Waals surface area contributed by atoms with E-state index in [0.717, 1.165) is 28.8 Å². The summed E-state index contributed by atoms with van der Waals surface area (Å²) in [5, 5.41) is 22.6. The van der Waals surface area contributed by atoms with E-state index in [-0.39, 0.29) is 0 Å². The molecule has 0 radical (unpaired) electrons. The molecular weight excluding hydrogens is 333 g/mol. The van der Waals surface area contributed by atoms with Crippen LogP contribution in [-0.2, 0) is 0 Å². The van der Waals surface area contributed by atoms with Crippen molar-refractivity contribution in [3.63, 3.8) is 0 Å². The van der Waals surface area contributed by atoms with Gasteiger partial charge in [0.25, 0.3) is 0 Å². The van der Waals surface area contributed by atoms with Crippen molar-refractivity contribution < 1.29 is 15.0 Å². The first-order chi connectivity index (χ1) is 12.1. The molecule has 25 heavy (non-hydrogen) atoms. The van der Waals surface area contributed by atoms with Crippen molar-refractivity contribution in [2.24, 2.45) is 5.73 Å². The van der Waals surface area contributed by atoms with Gasteiger partial charge in [0.2, 0.25) is 5.91 Å². The summed E-state index contributed by atoms with van der Waals surface area (Å²) in [4.78, 5) is 11.6. The molecule has 0 saturated carbocycles. The summed E-state index contributed by atoms with van der Waals surface area (Å²) in [5.41, 5.74) is 6.21. The molecule has 1 amide bonds. The Kier molecular flexibility index (Phi) is 5.44. The van der Waals surface area contributed by atoms with Crippen LogP contribution in [0.25, 0.3) is 0 Å². The summed E-state index contributed by atoms with van der Waals surface area (Å²) in [7, 11) is -1.02. The average Bonchev–Trinajstić information content (AvgIpc) is 2.63. The second-order valence-corrected chi connectivity index (χ2v) is 7.98. The number of primary amides is 1. The van der Waals surface area contributed by atoms with Crippen molar-refractivity contribution in [3.05, 3.63) is 83.2 Å². The molecule has 1 atom stereocenters. The highest BCUT2D eigenvalue weighted by atomic mass is 31.1. The minimum atomic E-state index is -1.61. The molecule has 5 heteroatoms. The molecule has 128 valence electrons. The maximum Gasteiger partial charge on any atom is 0.248 e. The Morgan fingerprint density at radius 1 is 1.08 bits per heavy atom. The highest BCUT2D eigenvalue weighted by molar-refractivity contribution is 7.77. The third kappa shape index (κ3) is 3.88. The van der Waals surface area contributed by atoms with Gasteiger partial charge >= 0.3 is 0 Å². The first-order valence-corrected chi connectivity index (χ1v) is 9.44. The number of aliphatic hydroxyl groups excluding tert-OH is 1. The molecule has 4 N–H and O–H groups in total. The molecular formula is C20H20NO3P. The third-order valence-corrected chi connectivity index (χ3v) is 6.61. The summed E-state index contributed by atoms with van der Waals surface area (Å²) in [6.07, 6.45) is 6.73. The van der Waals surface area contributed by atoms with Gasteiger partial charge in [-0.1, -0.05) is 54.6 Å². The van der Waals surface area contributed by atoms with Crippen LogP contribution in [0.3, 0.4) is 0 Å². The van der Waals surface area contributed by atoms with Crippen LogP contribution in [0.15, 0.2) is 72.1 Å². The highest BCUT2D eigenvalue weighted by Crippen LogP contribution is 2.46. The van der Waals surface area contributed by atoms with Gasteiger partial charge in [-0.25, -0.2) is 0 Å². The fraction of sp³-hybridized carbons (Fsp3) is 0.150.